The van der Waals surface area contributed by atoms with Crippen LogP contribution in [0.15, 0.2) is 48.7 Å². The number of rotatable bonds is 5. The highest BCUT2D eigenvalue weighted by Crippen LogP contribution is 2.23. The number of hydrogen-bond acceptors (Lipinski definition) is 4. The van der Waals surface area contributed by atoms with Gasteiger partial charge in [-0.2, -0.15) is 0 Å². The summed E-state index contributed by atoms with van der Waals surface area (Å²) >= 11 is 0. The van der Waals surface area contributed by atoms with Crippen molar-refractivity contribution in [3.63, 3.8) is 0 Å². The first-order chi connectivity index (χ1) is 9.53. The third-order valence-corrected chi connectivity index (χ3v) is 4.62. The second-order valence-corrected chi connectivity index (χ2v) is 6.42. The Morgan fingerprint density at radius 3 is 2.40 bits per heavy atom. The number of sulfonamides is 1. The van der Waals surface area contributed by atoms with Gasteiger partial charge in [0, 0.05) is 19.3 Å². The van der Waals surface area contributed by atoms with Crippen molar-refractivity contribution in [3.05, 3.63) is 48.7 Å². The average molecular weight is 292 g/mol. The van der Waals surface area contributed by atoms with E-state index < -0.39 is 10.0 Å². The molecule has 0 saturated heterocycles. The minimum atomic E-state index is -3.24. The Kier molecular flexibility index (Phi) is 4.24. The molecule has 5 nitrogen and oxygen atoms in total. The summed E-state index contributed by atoms with van der Waals surface area (Å²) in [5.41, 5.74) is 0.597. The number of nitrogens with zero attached hydrogens (tertiary/aromatic N) is 2. The standard InChI is InChI=1S/C14H16N2O3S/c1-3-20(17,18)16(2)12-7-9-13(10-8-12)19-14-6-4-5-11-15-14/h4-11H,3H2,1-2H3. The lowest BCUT2D eigenvalue weighted by molar-refractivity contribution is 0.463. The zero-order valence-electron chi connectivity index (χ0n) is 11.4. The van der Waals surface area contributed by atoms with E-state index in [0.717, 1.165) is 0 Å². The molecule has 1 heterocycles. The SMILES string of the molecule is CCS(=O)(=O)N(C)c1ccc(Oc2ccccn2)cc1. The van der Waals surface area contributed by atoms with Crippen molar-refractivity contribution in [1.29, 1.82) is 0 Å². The second-order valence-electron chi connectivity index (χ2n) is 4.13. The number of benzene rings is 1. The van der Waals surface area contributed by atoms with Crippen LogP contribution in [0.25, 0.3) is 0 Å². The van der Waals surface area contributed by atoms with Crippen LogP contribution < -0.4 is 9.04 Å². The van der Waals surface area contributed by atoms with Crippen LogP contribution in [0, 0.1) is 0 Å². The molecule has 0 aliphatic heterocycles. The van der Waals surface area contributed by atoms with E-state index in [-0.39, 0.29) is 5.75 Å². The molecule has 0 unspecified atom stereocenters. The molecule has 0 bridgehead atoms. The highest BCUT2D eigenvalue weighted by molar-refractivity contribution is 7.92. The van der Waals surface area contributed by atoms with Gasteiger partial charge in [0.1, 0.15) is 5.75 Å². The van der Waals surface area contributed by atoms with E-state index in [0.29, 0.717) is 17.3 Å². The molecule has 20 heavy (non-hydrogen) atoms. The van der Waals surface area contributed by atoms with Gasteiger partial charge in [0.25, 0.3) is 0 Å². The quantitative estimate of drug-likeness (QED) is 0.850. The van der Waals surface area contributed by atoms with E-state index >= 15 is 0 Å². The lowest BCUT2D eigenvalue weighted by Gasteiger charge is -2.18. The van der Waals surface area contributed by atoms with Crippen LogP contribution in [-0.2, 0) is 10.0 Å². The Morgan fingerprint density at radius 1 is 1.15 bits per heavy atom. The summed E-state index contributed by atoms with van der Waals surface area (Å²) < 4.78 is 30.3. The summed E-state index contributed by atoms with van der Waals surface area (Å²) in [6.45, 7) is 1.62. The smallest absolute Gasteiger partial charge is 0.234 e. The van der Waals surface area contributed by atoms with Crippen LogP contribution >= 0.6 is 0 Å². The highest BCUT2D eigenvalue weighted by atomic mass is 32.2. The minimum Gasteiger partial charge on any atom is -0.439 e. The summed E-state index contributed by atoms with van der Waals surface area (Å²) in [6.07, 6.45) is 1.64. The maximum Gasteiger partial charge on any atom is 0.234 e. The number of ether oxygens (including phenoxy) is 1. The Morgan fingerprint density at radius 2 is 1.85 bits per heavy atom. The predicted molar refractivity (Wildman–Crippen MR) is 78.6 cm³/mol. The first-order valence-corrected chi connectivity index (χ1v) is 7.79. The van der Waals surface area contributed by atoms with E-state index in [1.807, 2.05) is 6.07 Å². The van der Waals surface area contributed by atoms with Gasteiger partial charge in [-0.15, -0.1) is 0 Å². The van der Waals surface area contributed by atoms with Gasteiger partial charge < -0.3 is 4.74 Å². The van der Waals surface area contributed by atoms with Crippen molar-refractivity contribution in [2.24, 2.45) is 0 Å². The van der Waals surface area contributed by atoms with Crippen molar-refractivity contribution >= 4 is 15.7 Å². The van der Waals surface area contributed by atoms with Crippen LogP contribution in [0.1, 0.15) is 6.92 Å². The highest BCUT2D eigenvalue weighted by Gasteiger charge is 2.15. The Labute approximate surface area is 118 Å². The van der Waals surface area contributed by atoms with Gasteiger partial charge in [-0.3, -0.25) is 4.31 Å². The minimum absolute atomic E-state index is 0.0652. The van der Waals surface area contributed by atoms with Crippen molar-refractivity contribution < 1.29 is 13.2 Å². The molecule has 0 aliphatic carbocycles. The summed E-state index contributed by atoms with van der Waals surface area (Å²) in [6, 6.07) is 12.2. The van der Waals surface area contributed by atoms with Gasteiger partial charge in [0.05, 0.1) is 11.4 Å². The molecular formula is C14H16N2O3S. The number of pyridine rings is 1. The first kappa shape index (κ1) is 14.3. The first-order valence-electron chi connectivity index (χ1n) is 6.18. The lowest BCUT2D eigenvalue weighted by Crippen LogP contribution is -2.27. The molecule has 106 valence electrons. The van der Waals surface area contributed by atoms with E-state index in [1.165, 1.54) is 11.4 Å². The Hall–Kier alpha value is -2.08. The molecule has 2 rings (SSSR count). The number of anilines is 1. The maximum atomic E-state index is 11.8. The zero-order valence-corrected chi connectivity index (χ0v) is 12.2. The predicted octanol–water partition coefficient (Wildman–Crippen LogP) is 2.66. The van der Waals surface area contributed by atoms with Crippen molar-refractivity contribution in [1.82, 2.24) is 4.98 Å². The van der Waals surface area contributed by atoms with Gasteiger partial charge in [0.2, 0.25) is 15.9 Å². The number of aromatic nitrogens is 1. The van der Waals surface area contributed by atoms with Gasteiger partial charge in [-0.1, -0.05) is 6.07 Å². The van der Waals surface area contributed by atoms with Crippen LogP contribution in [0.2, 0.25) is 0 Å². The van der Waals surface area contributed by atoms with Crippen LogP contribution in [-0.4, -0.2) is 26.2 Å². The molecule has 0 atom stereocenters. The fraction of sp³-hybridized carbons (Fsp3) is 0.214. The molecule has 0 fully saturated rings. The van der Waals surface area contributed by atoms with Crippen molar-refractivity contribution in [3.8, 4) is 11.6 Å². The Bertz CT molecular complexity index is 655. The van der Waals surface area contributed by atoms with Crippen LogP contribution in [0.5, 0.6) is 11.6 Å². The summed E-state index contributed by atoms with van der Waals surface area (Å²) in [5, 5.41) is 0. The second kappa shape index (κ2) is 5.92. The maximum absolute atomic E-state index is 11.8. The zero-order chi connectivity index (χ0) is 14.6. The van der Waals surface area contributed by atoms with Crippen LogP contribution in [0.3, 0.4) is 0 Å². The fourth-order valence-electron chi connectivity index (χ4n) is 1.61. The molecule has 0 radical (unpaired) electrons. The molecule has 1 aromatic heterocycles. The van der Waals surface area contributed by atoms with Gasteiger partial charge in [0.15, 0.2) is 0 Å². The fourth-order valence-corrected chi connectivity index (χ4v) is 2.44. The lowest BCUT2D eigenvalue weighted by atomic mass is 10.3. The Balaban J connectivity index is 2.15. The summed E-state index contributed by atoms with van der Waals surface area (Å²) in [5.74, 6) is 1.17. The normalized spacial score (nSPS) is 11.1. The average Bonchev–Trinajstić information content (AvgIpc) is 2.48. The van der Waals surface area contributed by atoms with E-state index in [9.17, 15) is 8.42 Å². The van der Waals surface area contributed by atoms with Gasteiger partial charge in [-0.05, 0) is 37.3 Å². The molecule has 0 amide bonds. The van der Waals surface area contributed by atoms with Gasteiger partial charge in [-0.25, -0.2) is 13.4 Å². The molecule has 0 spiro atoms. The van der Waals surface area contributed by atoms with Crippen molar-refractivity contribution in [2.45, 2.75) is 6.92 Å². The molecule has 0 aliphatic rings. The molecule has 0 saturated carbocycles. The molecular weight excluding hydrogens is 276 g/mol. The largest absolute Gasteiger partial charge is 0.439 e. The van der Waals surface area contributed by atoms with Crippen molar-refractivity contribution in [2.75, 3.05) is 17.1 Å². The van der Waals surface area contributed by atoms with E-state index in [4.69, 9.17) is 4.74 Å². The monoisotopic (exact) mass is 292 g/mol. The molecule has 2 aromatic rings. The molecule has 0 N–H and O–H groups in total. The third kappa shape index (κ3) is 3.27. The third-order valence-electron chi connectivity index (χ3n) is 2.84. The van der Waals surface area contributed by atoms with Crippen LogP contribution in [0.4, 0.5) is 5.69 Å². The summed E-state index contributed by atoms with van der Waals surface area (Å²) in [4.78, 5) is 4.06. The van der Waals surface area contributed by atoms with Gasteiger partial charge >= 0.3 is 0 Å². The van der Waals surface area contributed by atoms with E-state index in [2.05, 4.69) is 4.98 Å². The molecule has 6 heteroatoms. The molecule has 1 aromatic carbocycles. The summed E-state index contributed by atoms with van der Waals surface area (Å²) in [7, 11) is -1.71. The number of hydrogen-bond donors (Lipinski definition) is 0. The van der Waals surface area contributed by atoms with E-state index in [1.54, 1.807) is 49.5 Å². The topological polar surface area (TPSA) is 59.5 Å².